The number of carbonyl (C=O) groups excluding carboxylic acids is 1. The number of allylic oxidation sites excluding steroid dienone is 2. The second-order valence-corrected chi connectivity index (χ2v) is 5.93. The molecule has 1 aromatic heterocycles. The quantitative estimate of drug-likeness (QED) is 0.614. The number of esters is 1. The third-order valence-electron chi connectivity index (χ3n) is 3.92. The molecule has 0 saturated heterocycles. The summed E-state index contributed by atoms with van der Waals surface area (Å²) in [6, 6.07) is 3.50. The van der Waals surface area contributed by atoms with Gasteiger partial charge in [-0.15, -0.1) is 6.42 Å². The number of terminal acetylenes is 1. The largest absolute Gasteiger partial charge is 0.461 e. The maximum Gasteiger partial charge on any atom is 0.310 e. The lowest BCUT2D eigenvalue weighted by Gasteiger charge is -2.03. The molecular weight excluding hydrogens is 271 g/mol. The van der Waals surface area contributed by atoms with Crippen LogP contribution in [0.3, 0.4) is 0 Å². The first-order chi connectivity index (χ1) is 9.86. The Balaban J connectivity index is 1.91. The lowest BCUT2D eigenvalue weighted by Crippen LogP contribution is -2.10. The van der Waals surface area contributed by atoms with Crippen molar-refractivity contribution in [3.63, 3.8) is 0 Å². The van der Waals surface area contributed by atoms with Gasteiger partial charge in [0.1, 0.15) is 18.1 Å². The van der Waals surface area contributed by atoms with Crippen LogP contribution in [-0.2, 0) is 22.6 Å². The number of hydrogen-bond acceptors (Lipinski definition) is 3. The molecule has 0 bridgehead atoms. The molecule has 1 heterocycles. The maximum atomic E-state index is 13.0. The van der Waals surface area contributed by atoms with Gasteiger partial charge in [0.25, 0.3) is 0 Å². The van der Waals surface area contributed by atoms with Crippen LogP contribution in [0, 0.1) is 29.6 Å². The Morgan fingerprint density at radius 1 is 1.52 bits per heavy atom. The fourth-order valence-corrected chi connectivity index (χ4v) is 2.61. The van der Waals surface area contributed by atoms with Crippen LogP contribution in [-0.4, -0.2) is 5.97 Å². The van der Waals surface area contributed by atoms with Gasteiger partial charge in [0.2, 0.25) is 0 Å². The van der Waals surface area contributed by atoms with Gasteiger partial charge in [-0.2, -0.15) is 0 Å². The van der Waals surface area contributed by atoms with Crippen molar-refractivity contribution >= 4 is 5.97 Å². The summed E-state index contributed by atoms with van der Waals surface area (Å²) in [5.74, 6) is 2.71. The van der Waals surface area contributed by atoms with Crippen molar-refractivity contribution in [2.24, 2.45) is 17.3 Å². The molecule has 4 heteroatoms. The highest BCUT2D eigenvalue weighted by atomic mass is 19.1. The van der Waals surface area contributed by atoms with Crippen LogP contribution in [0.15, 0.2) is 28.5 Å². The minimum absolute atomic E-state index is 0.0705. The molecule has 2 atom stereocenters. The Kier molecular flexibility index (Phi) is 4.22. The SMILES string of the molecule is C#CCc1ccc(COC(=O)[C@@H]2[C@@H](C=C(C)F)C2(C)C)o1. The zero-order valence-electron chi connectivity index (χ0n) is 12.5. The molecule has 21 heavy (non-hydrogen) atoms. The van der Waals surface area contributed by atoms with Crippen molar-refractivity contribution < 1.29 is 18.3 Å². The van der Waals surface area contributed by atoms with Crippen molar-refractivity contribution in [3.05, 3.63) is 35.6 Å². The van der Waals surface area contributed by atoms with E-state index < -0.39 is 0 Å². The minimum atomic E-state index is -0.322. The molecule has 0 radical (unpaired) electrons. The van der Waals surface area contributed by atoms with Gasteiger partial charge < -0.3 is 9.15 Å². The van der Waals surface area contributed by atoms with Crippen molar-refractivity contribution in [1.29, 1.82) is 0 Å². The molecule has 0 aromatic carbocycles. The van der Waals surface area contributed by atoms with Crippen molar-refractivity contribution in [1.82, 2.24) is 0 Å². The van der Waals surface area contributed by atoms with E-state index in [1.807, 2.05) is 13.8 Å². The average Bonchev–Trinajstić information content (AvgIpc) is 2.75. The summed E-state index contributed by atoms with van der Waals surface area (Å²) in [4.78, 5) is 12.1. The summed E-state index contributed by atoms with van der Waals surface area (Å²) in [5, 5.41) is 0. The molecule has 1 fully saturated rings. The molecule has 0 spiro atoms. The number of hydrogen-bond donors (Lipinski definition) is 0. The highest BCUT2D eigenvalue weighted by molar-refractivity contribution is 5.78. The molecule has 1 aromatic rings. The van der Waals surface area contributed by atoms with Crippen LogP contribution in [0.5, 0.6) is 0 Å². The number of ether oxygens (including phenoxy) is 1. The van der Waals surface area contributed by atoms with Gasteiger partial charge in [0.15, 0.2) is 0 Å². The Morgan fingerprint density at radius 2 is 2.19 bits per heavy atom. The van der Waals surface area contributed by atoms with Gasteiger partial charge in [-0.25, -0.2) is 4.39 Å². The predicted molar refractivity (Wildman–Crippen MR) is 76.7 cm³/mol. The molecule has 0 N–H and O–H groups in total. The highest BCUT2D eigenvalue weighted by Gasteiger charge is 2.61. The van der Waals surface area contributed by atoms with E-state index in [-0.39, 0.29) is 35.7 Å². The molecular formula is C17H19FO3. The number of rotatable bonds is 5. The summed E-state index contributed by atoms with van der Waals surface area (Å²) in [5.41, 5.74) is -0.262. The van der Waals surface area contributed by atoms with E-state index in [1.54, 1.807) is 12.1 Å². The predicted octanol–water partition coefficient (Wildman–Crippen LogP) is 3.64. The van der Waals surface area contributed by atoms with E-state index in [1.165, 1.54) is 13.0 Å². The smallest absolute Gasteiger partial charge is 0.310 e. The summed E-state index contributed by atoms with van der Waals surface area (Å²) in [7, 11) is 0. The average molecular weight is 290 g/mol. The van der Waals surface area contributed by atoms with E-state index >= 15 is 0 Å². The topological polar surface area (TPSA) is 39.4 Å². The molecule has 3 nitrogen and oxygen atoms in total. The third kappa shape index (κ3) is 3.36. The lowest BCUT2D eigenvalue weighted by atomic mass is 10.1. The van der Waals surface area contributed by atoms with Crippen LogP contribution in [0.1, 0.15) is 32.3 Å². The minimum Gasteiger partial charge on any atom is -0.461 e. The van der Waals surface area contributed by atoms with Gasteiger partial charge in [-0.1, -0.05) is 19.8 Å². The monoisotopic (exact) mass is 290 g/mol. The van der Waals surface area contributed by atoms with Gasteiger partial charge in [0.05, 0.1) is 18.2 Å². The third-order valence-corrected chi connectivity index (χ3v) is 3.92. The molecule has 0 aliphatic heterocycles. The standard InChI is InChI=1S/C17H19FO3/c1-5-6-12-7-8-13(21-12)10-20-16(19)15-14(9-11(2)18)17(15,3)4/h1,7-9,14-15H,6,10H2,2-4H3/t14-,15+/m1/s1. The second kappa shape index (κ2) is 5.77. The summed E-state index contributed by atoms with van der Waals surface area (Å²) in [6.07, 6.45) is 7.09. The normalized spacial score (nSPS) is 23.5. The Bertz CT molecular complexity index is 600. The molecule has 0 amide bonds. The Morgan fingerprint density at radius 3 is 2.81 bits per heavy atom. The fraction of sp³-hybridized carbons (Fsp3) is 0.471. The van der Waals surface area contributed by atoms with E-state index in [2.05, 4.69) is 5.92 Å². The molecule has 1 aliphatic rings. The van der Waals surface area contributed by atoms with E-state index in [4.69, 9.17) is 15.6 Å². The Labute approximate surface area is 124 Å². The fourth-order valence-electron chi connectivity index (χ4n) is 2.61. The van der Waals surface area contributed by atoms with Crippen LogP contribution >= 0.6 is 0 Å². The van der Waals surface area contributed by atoms with Crippen molar-refractivity contribution in [2.45, 2.75) is 33.8 Å². The van der Waals surface area contributed by atoms with Crippen LogP contribution < -0.4 is 0 Å². The highest BCUT2D eigenvalue weighted by Crippen LogP contribution is 2.59. The molecule has 1 aliphatic carbocycles. The summed E-state index contributed by atoms with van der Waals surface area (Å²) >= 11 is 0. The first-order valence-corrected chi connectivity index (χ1v) is 6.88. The first kappa shape index (κ1) is 15.4. The number of carbonyl (C=O) groups is 1. The van der Waals surface area contributed by atoms with Crippen molar-refractivity contribution in [3.8, 4) is 12.3 Å². The van der Waals surface area contributed by atoms with E-state index in [0.717, 1.165) is 0 Å². The van der Waals surface area contributed by atoms with Gasteiger partial charge in [0, 0.05) is 0 Å². The van der Waals surface area contributed by atoms with Crippen LogP contribution in [0.25, 0.3) is 0 Å². The Hall–Kier alpha value is -2.02. The maximum absolute atomic E-state index is 13.0. The molecule has 0 unspecified atom stereocenters. The lowest BCUT2D eigenvalue weighted by molar-refractivity contribution is -0.148. The number of furan rings is 1. The summed E-state index contributed by atoms with van der Waals surface area (Å²) < 4.78 is 23.7. The first-order valence-electron chi connectivity index (χ1n) is 6.88. The second-order valence-electron chi connectivity index (χ2n) is 5.93. The van der Waals surface area contributed by atoms with Crippen LogP contribution in [0.4, 0.5) is 4.39 Å². The van der Waals surface area contributed by atoms with E-state index in [0.29, 0.717) is 17.9 Å². The van der Waals surface area contributed by atoms with Gasteiger partial charge in [-0.3, -0.25) is 4.79 Å². The molecule has 1 saturated carbocycles. The zero-order valence-corrected chi connectivity index (χ0v) is 12.5. The molecule has 2 rings (SSSR count). The van der Waals surface area contributed by atoms with E-state index in [9.17, 15) is 9.18 Å². The molecule has 112 valence electrons. The van der Waals surface area contributed by atoms with Crippen LogP contribution in [0.2, 0.25) is 0 Å². The van der Waals surface area contributed by atoms with Gasteiger partial charge >= 0.3 is 5.97 Å². The van der Waals surface area contributed by atoms with Gasteiger partial charge in [-0.05, 0) is 36.5 Å². The zero-order chi connectivity index (χ0) is 15.6. The van der Waals surface area contributed by atoms with Crippen molar-refractivity contribution in [2.75, 3.05) is 0 Å². The summed E-state index contributed by atoms with van der Waals surface area (Å²) in [6.45, 7) is 5.32. The number of halogens is 1.